The van der Waals surface area contributed by atoms with Crippen molar-refractivity contribution >= 4 is 27.1 Å². The van der Waals surface area contributed by atoms with E-state index in [1.807, 2.05) is 19.9 Å². The summed E-state index contributed by atoms with van der Waals surface area (Å²) in [5.74, 6) is 0.764. The van der Waals surface area contributed by atoms with Gasteiger partial charge < -0.3 is 4.98 Å². The van der Waals surface area contributed by atoms with Crippen LogP contribution in [-0.2, 0) is 0 Å². The van der Waals surface area contributed by atoms with Crippen molar-refractivity contribution in [3.05, 3.63) is 68.6 Å². The summed E-state index contributed by atoms with van der Waals surface area (Å²) >= 11 is 1.61. The van der Waals surface area contributed by atoms with Crippen LogP contribution in [-0.4, -0.2) is 28.0 Å². The van der Waals surface area contributed by atoms with E-state index in [0.717, 1.165) is 46.0 Å². The predicted octanol–water partition coefficient (Wildman–Crippen LogP) is 4.45. The average Bonchev–Trinajstić information content (AvgIpc) is 2.96. The van der Waals surface area contributed by atoms with Gasteiger partial charge in [-0.3, -0.25) is 9.69 Å². The van der Waals surface area contributed by atoms with Gasteiger partial charge in [0.15, 0.2) is 0 Å². The van der Waals surface area contributed by atoms with Gasteiger partial charge in [-0.15, -0.1) is 11.3 Å². The Labute approximate surface area is 157 Å². The maximum atomic E-state index is 12.5. The van der Waals surface area contributed by atoms with Crippen molar-refractivity contribution in [2.24, 2.45) is 0 Å². The number of hydrogen-bond acceptors (Lipinski definition) is 4. The molecule has 2 aromatic heterocycles. The number of fused-ring (bicyclic) bond motifs is 1. The second kappa shape index (κ2) is 6.82. The third-order valence-electron chi connectivity index (χ3n) is 5.39. The number of nitrogens with one attached hydrogen (secondary N) is 1. The quantitative estimate of drug-likeness (QED) is 0.746. The molecule has 1 aromatic carbocycles. The van der Waals surface area contributed by atoms with Gasteiger partial charge in [0.2, 0.25) is 0 Å². The van der Waals surface area contributed by atoms with Crippen molar-refractivity contribution in [2.45, 2.75) is 33.2 Å². The van der Waals surface area contributed by atoms with Crippen molar-refractivity contribution in [2.75, 3.05) is 13.1 Å². The van der Waals surface area contributed by atoms with Gasteiger partial charge in [0.05, 0.1) is 11.4 Å². The first-order valence-electron chi connectivity index (χ1n) is 9.03. The number of rotatable bonds is 3. The monoisotopic (exact) mass is 365 g/mol. The molecule has 3 aromatic rings. The lowest BCUT2D eigenvalue weighted by atomic mass is 9.99. The van der Waals surface area contributed by atoms with Gasteiger partial charge in [0, 0.05) is 18.0 Å². The Kier molecular flexibility index (Phi) is 4.51. The van der Waals surface area contributed by atoms with Crippen LogP contribution in [0.3, 0.4) is 0 Å². The fourth-order valence-corrected chi connectivity index (χ4v) is 4.63. The zero-order chi connectivity index (χ0) is 18.3. The van der Waals surface area contributed by atoms with Crippen molar-refractivity contribution in [1.82, 2.24) is 14.9 Å². The van der Waals surface area contributed by atoms with E-state index < -0.39 is 0 Å². The van der Waals surface area contributed by atoms with Gasteiger partial charge in [0.1, 0.15) is 10.7 Å². The minimum Gasteiger partial charge on any atom is -0.309 e. The SMILES string of the molecule is Cc1sc2nc(C(C)N3CC=C(c4ccccc4)CC3)[nH]c(=O)c2c1C. The zero-order valence-electron chi connectivity index (χ0n) is 15.4. The fourth-order valence-electron chi connectivity index (χ4n) is 3.59. The topological polar surface area (TPSA) is 49.0 Å². The van der Waals surface area contributed by atoms with Gasteiger partial charge in [-0.25, -0.2) is 4.98 Å². The number of thiophene rings is 1. The molecule has 134 valence electrons. The van der Waals surface area contributed by atoms with Crippen LogP contribution >= 0.6 is 11.3 Å². The molecule has 1 atom stereocenters. The van der Waals surface area contributed by atoms with Crippen LogP contribution in [0.15, 0.2) is 41.2 Å². The molecule has 0 bridgehead atoms. The highest BCUT2D eigenvalue weighted by molar-refractivity contribution is 7.18. The number of aryl methyl sites for hydroxylation is 2. The molecule has 0 saturated heterocycles. The van der Waals surface area contributed by atoms with E-state index in [4.69, 9.17) is 4.98 Å². The fraction of sp³-hybridized carbons (Fsp3) is 0.333. The Morgan fingerprint density at radius 1 is 1.23 bits per heavy atom. The van der Waals surface area contributed by atoms with Crippen molar-refractivity contribution < 1.29 is 0 Å². The number of aromatic amines is 1. The van der Waals surface area contributed by atoms with E-state index >= 15 is 0 Å². The molecule has 4 rings (SSSR count). The summed E-state index contributed by atoms with van der Waals surface area (Å²) < 4.78 is 0. The van der Waals surface area contributed by atoms with Crippen molar-refractivity contribution in [3.8, 4) is 0 Å². The summed E-state index contributed by atoms with van der Waals surface area (Å²) in [6.45, 7) is 8.00. The van der Waals surface area contributed by atoms with E-state index in [-0.39, 0.29) is 11.6 Å². The van der Waals surface area contributed by atoms with Crippen LogP contribution in [0.1, 0.15) is 41.2 Å². The molecular formula is C21H23N3OS. The second-order valence-corrected chi connectivity index (χ2v) is 8.13. The van der Waals surface area contributed by atoms with Gasteiger partial charge in [-0.05, 0) is 43.9 Å². The third kappa shape index (κ3) is 3.02. The first-order chi connectivity index (χ1) is 12.5. The molecule has 0 radical (unpaired) electrons. The molecule has 0 saturated carbocycles. The Bertz CT molecular complexity index is 1030. The molecule has 4 nitrogen and oxygen atoms in total. The maximum absolute atomic E-state index is 12.5. The molecule has 1 aliphatic rings. The van der Waals surface area contributed by atoms with Crippen LogP contribution in [0.5, 0.6) is 0 Å². The van der Waals surface area contributed by atoms with Crippen molar-refractivity contribution in [1.29, 1.82) is 0 Å². The molecule has 1 aliphatic heterocycles. The van der Waals surface area contributed by atoms with Crippen LogP contribution in [0.4, 0.5) is 0 Å². The number of H-pyrrole nitrogens is 1. The van der Waals surface area contributed by atoms with E-state index in [1.165, 1.54) is 11.1 Å². The molecule has 1 N–H and O–H groups in total. The predicted molar refractivity (Wildman–Crippen MR) is 109 cm³/mol. The van der Waals surface area contributed by atoms with Crippen molar-refractivity contribution in [3.63, 3.8) is 0 Å². The molecule has 0 amide bonds. The first kappa shape index (κ1) is 17.2. The van der Waals surface area contributed by atoms with Crippen LogP contribution in [0.2, 0.25) is 0 Å². The Balaban J connectivity index is 1.59. The Hall–Kier alpha value is -2.24. The molecule has 0 fully saturated rings. The van der Waals surface area contributed by atoms with Gasteiger partial charge in [-0.2, -0.15) is 0 Å². The van der Waals surface area contributed by atoms with Crippen LogP contribution < -0.4 is 5.56 Å². The minimum absolute atomic E-state index is 0.0174. The summed E-state index contributed by atoms with van der Waals surface area (Å²) in [6, 6.07) is 10.6. The Morgan fingerprint density at radius 2 is 2.00 bits per heavy atom. The summed E-state index contributed by atoms with van der Waals surface area (Å²) in [6.07, 6.45) is 3.31. The highest BCUT2D eigenvalue weighted by Gasteiger charge is 2.22. The molecule has 0 spiro atoms. The lowest BCUT2D eigenvalue weighted by molar-refractivity contribution is 0.225. The number of benzene rings is 1. The third-order valence-corrected chi connectivity index (χ3v) is 6.49. The number of aromatic nitrogens is 2. The number of nitrogens with zero attached hydrogens (tertiary/aromatic N) is 2. The van der Waals surface area contributed by atoms with E-state index in [1.54, 1.807) is 11.3 Å². The molecule has 0 aliphatic carbocycles. The first-order valence-corrected chi connectivity index (χ1v) is 9.84. The summed E-state index contributed by atoms with van der Waals surface area (Å²) in [5, 5.41) is 0.744. The summed E-state index contributed by atoms with van der Waals surface area (Å²) in [7, 11) is 0. The summed E-state index contributed by atoms with van der Waals surface area (Å²) in [5.41, 5.74) is 3.73. The number of hydrogen-bond donors (Lipinski definition) is 1. The normalized spacial score (nSPS) is 16.7. The second-order valence-electron chi connectivity index (χ2n) is 6.93. The smallest absolute Gasteiger partial charge is 0.259 e. The average molecular weight is 366 g/mol. The van der Waals surface area contributed by atoms with E-state index in [9.17, 15) is 4.79 Å². The van der Waals surface area contributed by atoms with E-state index in [2.05, 4.69) is 47.1 Å². The van der Waals surface area contributed by atoms with Gasteiger partial charge in [0.25, 0.3) is 5.56 Å². The molecule has 3 heterocycles. The van der Waals surface area contributed by atoms with Gasteiger partial charge in [-0.1, -0.05) is 36.4 Å². The highest BCUT2D eigenvalue weighted by atomic mass is 32.1. The minimum atomic E-state index is -0.0174. The van der Waals surface area contributed by atoms with E-state index in [0.29, 0.717) is 0 Å². The molecule has 5 heteroatoms. The van der Waals surface area contributed by atoms with Crippen LogP contribution in [0, 0.1) is 13.8 Å². The molecular weight excluding hydrogens is 342 g/mol. The largest absolute Gasteiger partial charge is 0.309 e. The van der Waals surface area contributed by atoms with Gasteiger partial charge >= 0.3 is 0 Å². The lowest BCUT2D eigenvalue weighted by Gasteiger charge is -2.31. The standard InChI is InChI=1S/C21H23N3OS/c1-13-15(3)26-21-18(13)20(25)22-19(23-21)14(2)24-11-9-17(10-12-24)16-7-5-4-6-8-16/h4-9,14H,10-12H2,1-3H3,(H,22,23,25). The lowest BCUT2D eigenvalue weighted by Crippen LogP contribution is -2.33. The molecule has 1 unspecified atom stereocenters. The zero-order valence-corrected chi connectivity index (χ0v) is 16.2. The Morgan fingerprint density at radius 3 is 2.69 bits per heavy atom. The summed E-state index contributed by atoms with van der Waals surface area (Å²) in [4.78, 5) is 24.7. The molecule has 26 heavy (non-hydrogen) atoms. The maximum Gasteiger partial charge on any atom is 0.259 e. The highest BCUT2D eigenvalue weighted by Crippen LogP contribution is 2.29. The van der Waals surface area contributed by atoms with Crippen LogP contribution in [0.25, 0.3) is 15.8 Å².